The molecule has 5 heterocycles. The van der Waals surface area contributed by atoms with Crippen molar-refractivity contribution in [2.75, 3.05) is 23.3 Å². The van der Waals surface area contributed by atoms with Crippen LogP contribution in [0.4, 0.5) is 16.2 Å². The van der Waals surface area contributed by atoms with Crippen molar-refractivity contribution in [2.45, 2.75) is 45.4 Å². The first kappa shape index (κ1) is 27.4. The summed E-state index contributed by atoms with van der Waals surface area (Å²) in [6.07, 6.45) is 6.13. The number of halogens is 1. The lowest BCUT2D eigenvalue weighted by Crippen LogP contribution is -2.41. The number of hydrogen-bond donors (Lipinski definition) is 1. The fourth-order valence-electron chi connectivity index (χ4n) is 5.52. The van der Waals surface area contributed by atoms with Crippen molar-refractivity contribution in [3.63, 3.8) is 0 Å². The third kappa shape index (κ3) is 4.44. The molecule has 2 aliphatic rings. The Morgan fingerprint density at radius 1 is 1.14 bits per heavy atom. The van der Waals surface area contributed by atoms with Crippen LogP contribution in [0.25, 0.3) is 22.6 Å². The lowest BCUT2D eigenvalue weighted by molar-refractivity contribution is -0.120. The van der Waals surface area contributed by atoms with Crippen LogP contribution in [0.1, 0.15) is 33.2 Å². The van der Waals surface area contributed by atoms with Crippen LogP contribution in [0.5, 0.6) is 0 Å². The highest BCUT2D eigenvalue weighted by Crippen LogP contribution is 2.58. The molecule has 2 unspecified atom stereocenters. The molecule has 6 rings (SSSR count). The molecule has 4 aromatic rings. The Morgan fingerprint density at radius 3 is 2.50 bits per heavy atom. The number of ketones is 1. The molecular formula is C27H29FN10O4. The summed E-state index contributed by atoms with van der Waals surface area (Å²) in [7, 11) is 1.45. The Hall–Kier alpha value is -4.82. The zero-order valence-electron chi connectivity index (χ0n) is 23.5. The molecule has 218 valence electrons. The average molecular weight is 577 g/mol. The number of Topliss-reactive ketones (excluding diaryl/α,β-unsaturated/α-hetero) is 1. The summed E-state index contributed by atoms with van der Waals surface area (Å²) in [6.45, 7) is 5.66. The van der Waals surface area contributed by atoms with Gasteiger partial charge in [0.25, 0.3) is 5.56 Å². The molecule has 3 atom stereocenters. The average Bonchev–Trinajstić information content (AvgIpc) is 3.41. The predicted octanol–water partition coefficient (Wildman–Crippen LogP) is 1.12. The van der Waals surface area contributed by atoms with Crippen LogP contribution >= 0.6 is 0 Å². The summed E-state index contributed by atoms with van der Waals surface area (Å²) in [5.74, 6) is 0.285. The van der Waals surface area contributed by atoms with E-state index in [4.69, 9.17) is 0 Å². The minimum absolute atomic E-state index is 0.0188. The van der Waals surface area contributed by atoms with Crippen LogP contribution in [-0.2, 0) is 23.2 Å². The molecule has 0 bridgehead atoms. The highest BCUT2D eigenvalue weighted by Gasteiger charge is 2.67. The number of fused-ring (bicyclic) bond motifs is 2. The van der Waals surface area contributed by atoms with Gasteiger partial charge in [0, 0.05) is 57.0 Å². The molecule has 1 aliphatic heterocycles. The van der Waals surface area contributed by atoms with Gasteiger partial charge in [-0.3, -0.25) is 23.5 Å². The van der Waals surface area contributed by atoms with E-state index in [9.17, 15) is 23.6 Å². The van der Waals surface area contributed by atoms with Crippen molar-refractivity contribution in [3.05, 3.63) is 51.8 Å². The smallest absolute Gasteiger partial charge is 0.332 e. The SMILES string of the molecule is CCC(=O)Cn1c(=O)c2c(ncn2[C@@H](C)C(=O)Nc2ccnc(-c3cnc(N4CC5C(C4)C5(C)F)nc3)n2)n(C)c1=O. The normalized spacial score (nSPS) is 21.8. The number of alkyl halides is 1. The monoisotopic (exact) mass is 576 g/mol. The number of carbonyl (C=O) groups is 2. The fourth-order valence-corrected chi connectivity index (χ4v) is 5.52. The molecule has 1 amide bonds. The largest absolute Gasteiger partial charge is 0.340 e. The molecule has 0 aromatic carbocycles. The standard InChI is InChI=1S/C27H29FN10O4/c1-5-16(39)10-37-24(41)20-22(35(4)26(37)42)32-13-38(20)14(2)23(40)34-19-6-7-29-21(33-19)15-8-30-25(31-9-15)36-11-17-18(12-36)27(17,3)28/h6-9,13-14,17-18H,5,10-12H2,1-4H3,(H,29,33,34,40)/t14-,17?,18?,27?/m0/s1. The third-order valence-electron chi connectivity index (χ3n) is 8.33. The lowest BCUT2D eigenvalue weighted by atomic mass is 10.2. The number of carbonyl (C=O) groups excluding carboxylic acids is 2. The number of aryl methyl sites for hydroxylation is 1. The summed E-state index contributed by atoms with van der Waals surface area (Å²) in [6, 6.07) is 0.599. The van der Waals surface area contributed by atoms with E-state index in [1.54, 1.807) is 33.2 Å². The number of piperidine rings is 1. The first-order valence-electron chi connectivity index (χ1n) is 13.6. The van der Waals surface area contributed by atoms with Crippen LogP contribution in [0.15, 0.2) is 40.6 Å². The quantitative estimate of drug-likeness (QED) is 0.322. The number of hydrogen-bond acceptors (Lipinski definition) is 10. The maximum atomic E-state index is 14.2. The number of nitrogens with zero attached hydrogens (tertiary/aromatic N) is 9. The molecular weight excluding hydrogens is 547 g/mol. The minimum atomic E-state index is -1.09. The van der Waals surface area contributed by atoms with Crippen molar-refractivity contribution in [1.82, 2.24) is 38.6 Å². The number of anilines is 2. The van der Waals surface area contributed by atoms with Crippen molar-refractivity contribution in [3.8, 4) is 11.4 Å². The molecule has 4 aromatic heterocycles. The van der Waals surface area contributed by atoms with Crippen molar-refractivity contribution >= 4 is 34.6 Å². The highest BCUT2D eigenvalue weighted by atomic mass is 19.1. The van der Waals surface area contributed by atoms with Gasteiger partial charge in [0.15, 0.2) is 22.8 Å². The van der Waals surface area contributed by atoms with Crippen molar-refractivity contribution < 1.29 is 14.0 Å². The molecule has 14 nitrogen and oxygen atoms in total. The van der Waals surface area contributed by atoms with Gasteiger partial charge in [-0.25, -0.2) is 34.1 Å². The van der Waals surface area contributed by atoms with E-state index in [1.165, 1.54) is 34.8 Å². The van der Waals surface area contributed by atoms with E-state index in [2.05, 4.69) is 30.2 Å². The van der Waals surface area contributed by atoms with Crippen molar-refractivity contribution in [2.24, 2.45) is 18.9 Å². The highest BCUT2D eigenvalue weighted by molar-refractivity contribution is 5.93. The molecule has 15 heteroatoms. The molecule has 2 fully saturated rings. The van der Waals surface area contributed by atoms with E-state index in [-0.39, 0.29) is 47.6 Å². The van der Waals surface area contributed by atoms with Crippen LogP contribution in [-0.4, -0.2) is 69.1 Å². The molecule has 1 N–H and O–H groups in total. The second kappa shape index (κ2) is 9.92. The van der Waals surface area contributed by atoms with E-state index >= 15 is 0 Å². The number of amides is 1. The summed E-state index contributed by atoms with van der Waals surface area (Å²) in [5.41, 5.74) is -1.81. The topological polar surface area (TPSA) is 163 Å². The van der Waals surface area contributed by atoms with E-state index < -0.39 is 28.9 Å². The Balaban J connectivity index is 1.20. The van der Waals surface area contributed by atoms with Crippen LogP contribution < -0.4 is 21.5 Å². The Bertz CT molecular complexity index is 1830. The lowest BCUT2D eigenvalue weighted by Gasteiger charge is -2.20. The van der Waals surface area contributed by atoms with Gasteiger partial charge in [0.05, 0.1) is 18.4 Å². The van der Waals surface area contributed by atoms with Gasteiger partial charge in [-0.15, -0.1) is 0 Å². The van der Waals surface area contributed by atoms with Crippen LogP contribution in [0.2, 0.25) is 0 Å². The Morgan fingerprint density at radius 2 is 1.83 bits per heavy atom. The second-order valence-corrected chi connectivity index (χ2v) is 10.9. The van der Waals surface area contributed by atoms with Gasteiger partial charge in [-0.1, -0.05) is 6.92 Å². The third-order valence-corrected chi connectivity index (χ3v) is 8.33. The second-order valence-electron chi connectivity index (χ2n) is 10.9. The summed E-state index contributed by atoms with van der Waals surface area (Å²) in [5, 5.41) is 2.73. The molecule has 1 aliphatic carbocycles. The fraction of sp³-hybridized carbons (Fsp3) is 0.444. The Labute approximate surface area is 238 Å². The van der Waals surface area contributed by atoms with E-state index in [1.807, 2.05) is 4.90 Å². The van der Waals surface area contributed by atoms with Crippen LogP contribution in [0.3, 0.4) is 0 Å². The van der Waals surface area contributed by atoms with Crippen LogP contribution in [0, 0.1) is 11.8 Å². The van der Waals surface area contributed by atoms with Gasteiger partial charge < -0.3 is 14.8 Å². The molecule has 0 radical (unpaired) electrons. The predicted molar refractivity (Wildman–Crippen MR) is 150 cm³/mol. The van der Waals surface area contributed by atoms with Crippen molar-refractivity contribution in [1.29, 1.82) is 0 Å². The number of aromatic nitrogens is 8. The van der Waals surface area contributed by atoms with E-state index in [0.29, 0.717) is 30.4 Å². The zero-order chi connectivity index (χ0) is 29.9. The molecule has 1 saturated heterocycles. The summed E-state index contributed by atoms with van der Waals surface area (Å²) < 4.78 is 17.6. The molecule has 42 heavy (non-hydrogen) atoms. The minimum Gasteiger partial charge on any atom is -0.340 e. The Kier molecular flexibility index (Phi) is 6.46. The van der Waals surface area contributed by atoms with Gasteiger partial charge in [0.2, 0.25) is 11.9 Å². The summed E-state index contributed by atoms with van der Waals surface area (Å²) >= 11 is 0. The van der Waals surface area contributed by atoms with Gasteiger partial charge in [0.1, 0.15) is 17.5 Å². The molecule has 1 saturated carbocycles. The first-order chi connectivity index (χ1) is 20.0. The maximum absolute atomic E-state index is 14.2. The maximum Gasteiger partial charge on any atom is 0.332 e. The molecule has 0 spiro atoms. The number of nitrogens with one attached hydrogen (secondary N) is 1. The summed E-state index contributed by atoms with van der Waals surface area (Å²) in [4.78, 5) is 74.8. The number of imidazole rings is 1. The first-order valence-corrected chi connectivity index (χ1v) is 13.6. The van der Waals surface area contributed by atoms with Gasteiger partial charge in [-0.2, -0.15) is 0 Å². The van der Waals surface area contributed by atoms with Gasteiger partial charge >= 0.3 is 5.69 Å². The van der Waals surface area contributed by atoms with E-state index in [0.717, 1.165) is 4.57 Å². The van der Waals surface area contributed by atoms with Gasteiger partial charge in [-0.05, 0) is 19.9 Å². The number of rotatable bonds is 8. The zero-order valence-corrected chi connectivity index (χ0v) is 23.5.